The van der Waals surface area contributed by atoms with Crippen molar-refractivity contribution in [3.8, 4) is 0 Å². The number of hydrogen-bond acceptors (Lipinski definition) is 5. The Hall–Kier alpha value is -2.23. The molecule has 8 atom stereocenters. The summed E-state index contributed by atoms with van der Waals surface area (Å²) in [5.74, 6) is -3.95. The predicted molar refractivity (Wildman–Crippen MR) is 133 cm³/mol. The lowest BCUT2D eigenvalue weighted by atomic mass is 9.70. The number of fused-ring (bicyclic) bond motifs is 1. The fourth-order valence-corrected chi connectivity index (χ4v) is 7.29. The number of likely N-dealkylation sites (tertiary alicyclic amines) is 1. The molecule has 3 aliphatic rings. The third kappa shape index (κ3) is 4.01. The number of nitrogens with zero attached hydrogens (tertiary/aromatic N) is 2. The van der Waals surface area contributed by atoms with Gasteiger partial charge in [0.25, 0.3) is 0 Å². The van der Waals surface area contributed by atoms with Crippen LogP contribution in [0.5, 0.6) is 0 Å². The number of hydrogen-bond donors (Lipinski definition) is 2. The van der Waals surface area contributed by atoms with E-state index in [1.807, 2.05) is 19.9 Å². The van der Waals surface area contributed by atoms with Crippen molar-refractivity contribution in [1.82, 2.24) is 9.80 Å². The second kappa shape index (κ2) is 10.0. The first-order valence-electron chi connectivity index (χ1n) is 12.2. The first-order valence-corrected chi connectivity index (χ1v) is 13.1. The summed E-state index contributed by atoms with van der Waals surface area (Å²) in [6.07, 6.45) is 2.92. The van der Waals surface area contributed by atoms with E-state index in [1.54, 1.807) is 35.2 Å². The van der Waals surface area contributed by atoms with Crippen LogP contribution in [-0.4, -0.2) is 79.6 Å². The summed E-state index contributed by atoms with van der Waals surface area (Å²) in [7, 11) is 0. The van der Waals surface area contributed by atoms with Gasteiger partial charge in [0, 0.05) is 17.4 Å². The Kier molecular flexibility index (Phi) is 7.41. The summed E-state index contributed by atoms with van der Waals surface area (Å²) in [6, 6.07) is 7.04. The highest BCUT2D eigenvalue weighted by Crippen LogP contribution is 2.61. The molecule has 3 saturated heterocycles. The lowest BCUT2D eigenvalue weighted by Gasteiger charge is -2.41. The van der Waals surface area contributed by atoms with Crippen molar-refractivity contribution in [2.45, 2.75) is 67.8 Å². The van der Waals surface area contributed by atoms with E-state index in [9.17, 15) is 24.6 Å². The van der Waals surface area contributed by atoms with E-state index in [2.05, 4.69) is 22.5 Å². The molecule has 9 heteroatoms. The number of carboxylic acid groups (broad SMARTS) is 1. The molecule has 8 nitrogen and oxygen atoms in total. The predicted octanol–water partition coefficient (Wildman–Crippen LogP) is 2.76. The van der Waals surface area contributed by atoms with Crippen LogP contribution in [0.25, 0.3) is 0 Å². The lowest BCUT2D eigenvalue weighted by Crippen LogP contribution is -2.58. The molecule has 3 fully saturated rings. The summed E-state index contributed by atoms with van der Waals surface area (Å²) in [6.45, 7) is 7.69. The Morgan fingerprint density at radius 2 is 2.06 bits per heavy atom. The van der Waals surface area contributed by atoms with E-state index < -0.39 is 54.1 Å². The lowest BCUT2D eigenvalue weighted by molar-refractivity contribution is -0.154. The molecule has 1 aromatic carbocycles. The standard InChI is InChI=1S/C26H33BrN2O6/c1-4-9-15(3)28(12-5-2)24(32)22-26-13-17(27)21(35-26)19(25(33)34)20(26)23(31)29(22)18(14-30)16-10-7-6-8-11-16/h5-8,10-11,15,17-22,30H,2,4,9,12-14H2,1,3H3,(H,33,34)/t15?,17?,18-,19+,20-,21+,22+,26-/m1/s1. The van der Waals surface area contributed by atoms with Gasteiger partial charge < -0.3 is 24.7 Å². The third-order valence-electron chi connectivity index (χ3n) is 7.79. The molecule has 0 radical (unpaired) electrons. The molecule has 0 aliphatic carbocycles. The number of rotatable bonds is 10. The van der Waals surface area contributed by atoms with Crippen molar-refractivity contribution in [2.24, 2.45) is 11.8 Å². The molecule has 2 unspecified atom stereocenters. The van der Waals surface area contributed by atoms with Crippen molar-refractivity contribution in [3.05, 3.63) is 48.6 Å². The first kappa shape index (κ1) is 25.9. The Bertz CT molecular complexity index is 989. The molecule has 190 valence electrons. The number of halogens is 1. The molecular weight excluding hydrogens is 516 g/mol. The van der Waals surface area contributed by atoms with Crippen LogP contribution >= 0.6 is 15.9 Å². The van der Waals surface area contributed by atoms with Crippen molar-refractivity contribution >= 4 is 33.7 Å². The number of carboxylic acids is 1. The first-order chi connectivity index (χ1) is 16.7. The number of ether oxygens (including phenoxy) is 1. The number of alkyl halides is 1. The summed E-state index contributed by atoms with van der Waals surface area (Å²) >= 11 is 3.56. The van der Waals surface area contributed by atoms with Crippen LogP contribution in [0.1, 0.15) is 44.7 Å². The van der Waals surface area contributed by atoms with Gasteiger partial charge in [-0.3, -0.25) is 14.4 Å². The van der Waals surface area contributed by atoms with E-state index in [-0.39, 0.29) is 23.3 Å². The Balaban J connectivity index is 1.86. The summed E-state index contributed by atoms with van der Waals surface area (Å²) in [5, 5.41) is 20.5. The quantitative estimate of drug-likeness (QED) is 0.344. The molecule has 0 saturated carbocycles. The van der Waals surface area contributed by atoms with Crippen molar-refractivity contribution < 1.29 is 29.3 Å². The maximum Gasteiger partial charge on any atom is 0.310 e. The van der Waals surface area contributed by atoms with Gasteiger partial charge in [-0.25, -0.2) is 0 Å². The SMILES string of the molecule is C=CCN(C(=O)[C@@H]1N([C@H](CO)c2ccccc2)C(=O)[C@H]2[C@H](C(=O)O)[C@H]3O[C@@]12CC3Br)C(C)CCC. The zero-order valence-electron chi connectivity index (χ0n) is 20.0. The highest BCUT2D eigenvalue weighted by molar-refractivity contribution is 9.09. The van der Waals surface area contributed by atoms with Gasteiger partial charge in [0.05, 0.1) is 30.6 Å². The molecule has 1 spiro atoms. The number of benzene rings is 1. The smallest absolute Gasteiger partial charge is 0.310 e. The molecule has 3 aliphatic heterocycles. The van der Waals surface area contributed by atoms with Gasteiger partial charge in [-0.1, -0.05) is 65.7 Å². The maximum absolute atomic E-state index is 14.3. The normalized spacial score (nSPS) is 32.9. The molecule has 2 amide bonds. The molecule has 2 bridgehead atoms. The Morgan fingerprint density at radius 3 is 2.63 bits per heavy atom. The van der Waals surface area contributed by atoms with E-state index in [4.69, 9.17) is 4.74 Å². The minimum absolute atomic E-state index is 0.115. The van der Waals surface area contributed by atoms with Crippen LogP contribution in [0.4, 0.5) is 0 Å². The zero-order chi connectivity index (χ0) is 25.5. The van der Waals surface area contributed by atoms with Gasteiger partial charge in [-0.05, 0) is 25.3 Å². The number of carbonyl (C=O) groups excluding carboxylic acids is 2. The second-order valence-corrected chi connectivity index (χ2v) is 10.9. The maximum atomic E-state index is 14.3. The van der Waals surface area contributed by atoms with Gasteiger partial charge in [0.15, 0.2) is 0 Å². The van der Waals surface area contributed by atoms with E-state index >= 15 is 0 Å². The molecule has 3 heterocycles. The van der Waals surface area contributed by atoms with Gasteiger partial charge >= 0.3 is 5.97 Å². The molecule has 4 rings (SSSR count). The molecule has 2 N–H and O–H groups in total. The number of carbonyl (C=O) groups is 3. The van der Waals surface area contributed by atoms with Gasteiger partial charge in [0.2, 0.25) is 11.8 Å². The molecule has 0 aromatic heterocycles. The van der Waals surface area contributed by atoms with Crippen LogP contribution < -0.4 is 0 Å². The molecular formula is C26H33BrN2O6. The van der Waals surface area contributed by atoms with Crippen molar-refractivity contribution in [3.63, 3.8) is 0 Å². The minimum atomic E-state index is -1.29. The van der Waals surface area contributed by atoms with E-state index in [0.29, 0.717) is 12.0 Å². The second-order valence-electron chi connectivity index (χ2n) is 9.77. The Labute approximate surface area is 214 Å². The van der Waals surface area contributed by atoms with Crippen LogP contribution in [0, 0.1) is 11.8 Å². The van der Waals surface area contributed by atoms with Gasteiger partial charge in [0.1, 0.15) is 11.6 Å². The number of amides is 2. The topological polar surface area (TPSA) is 107 Å². The van der Waals surface area contributed by atoms with Gasteiger partial charge in [-0.15, -0.1) is 6.58 Å². The highest BCUT2D eigenvalue weighted by Gasteiger charge is 2.77. The minimum Gasteiger partial charge on any atom is -0.481 e. The zero-order valence-corrected chi connectivity index (χ0v) is 21.6. The number of aliphatic hydroxyl groups is 1. The van der Waals surface area contributed by atoms with E-state index in [1.165, 1.54) is 4.90 Å². The monoisotopic (exact) mass is 548 g/mol. The number of aliphatic hydroxyl groups excluding tert-OH is 1. The molecule has 35 heavy (non-hydrogen) atoms. The summed E-state index contributed by atoms with van der Waals surface area (Å²) in [5.41, 5.74) is -0.616. The van der Waals surface area contributed by atoms with Gasteiger partial charge in [-0.2, -0.15) is 0 Å². The van der Waals surface area contributed by atoms with Crippen molar-refractivity contribution in [1.29, 1.82) is 0 Å². The number of aliphatic carboxylic acids is 1. The summed E-state index contributed by atoms with van der Waals surface area (Å²) in [4.78, 5) is 43.5. The molecule has 1 aromatic rings. The van der Waals surface area contributed by atoms with Crippen LogP contribution in [0.15, 0.2) is 43.0 Å². The summed E-state index contributed by atoms with van der Waals surface area (Å²) < 4.78 is 6.36. The van der Waals surface area contributed by atoms with Crippen LogP contribution in [0.3, 0.4) is 0 Å². The van der Waals surface area contributed by atoms with E-state index in [0.717, 1.165) is 12.8 Å². The van der Waals surface area contributed by atoms with Crippen molar-refractivity contribution in [2.75, 3.05) is 13.2 Å². The van der Waals surface area contributed by atoms with Crippen LogP contribution in [0.2, 0.25) is 0 Å². The largest absolute Gasteiger partial charge is 0.481 e. The Morgan fingerprint density at radius 1 is 1.37 bits per heavy atom. The van der Waals surface area contributed by atoms with Crippen LogP contribution in [-0.2, 0) is 19.1 Å². The fraction of sp³-hybridized carbons (Fsp3) is 0.577. The average molecular weight is 549 g/mol. The third-order valence-corrected chi connectivity index (χ3v) is 8.63. The average Bonchev–Trinajstić information content (AvgIpc) is 3.42. The highest BCUT2D eigenvalue weighted by atomic mass is 79.9. The fourth-order valence-electron chi connectivity index (χ4n) is 6.35.